The number of nitrogens with zero attached hydrogens (tertiary/aromatic N) is 3. The zero-order valence-electron chi connectivity index (χ0n) is 13.3. The molecule has 2 N–H and O–H groups in total. The minimum Gasteiger partial charge on any atom is -0.364 e. The Balaban J connectivity index is 3.00. The van der Waals surface area contributed by atoms with Crippen LogP contribution >= 0.6 is 0 Å². The van der Waals surface area contributed by atoms with Crippen molar-refractivity contribution in [1.29, 1.82) is 0 Å². The van der Waals surface area contributed by atoms with E-state index in [0.717, 1.165) is 25.8 Å². The lowest BCUT2D eigenvalue weighted by Crippen LogP contribution is -2.16. The highest BCUT2D eigenvalue weighted by molar-refractivity contribution is 5.60. The smallest absolute Gasteiger partial charge is 0.332 e. The van der Waals surface area contributed by atoms with Crippen LogP contribution in [0.3, 0.4) is 0 Å². The number of nitrogens with one attached hydrogen (secondary N) is 2. The molecule has 7 nitrogen and oxygen atoms in total. The van der Waals surface area contributed by atoms with Gasteiger partial charge in [-0.05, 0) is 19.3 Å². The summed E-state index contributed by atoms with van der Waals surface area (Å²) in [5, 5.41) is 17.4. The molecule has 1 aromatic heterocycles. The fourth-order valence-electron chi connectivity index (χ4n) is 2.04. The monoisotopic (exact) mass is 295 g/mol. The summed E-state index contributed by atoms with van der Waals surface area (Å²) >= 11 is 0. The Bertz CT molecular complexity index is 475. The van der Waals surface area contributed by atoms with Crippen molar-refractivity contribution in [1.82, 2.24) is 9.97 Å². The molecular formula is C14H25N5O2. The third kappa shape index (κ3) is 4.84. The van der Waals surface area contributed by atoms with E-state index in [1.54, 1.807) is 6.92 Å². The van der Waals surface area contributed by atoms with Gasteiger partial charge < -0.3 is 10.6 Å². The summed E-state index contributed by atoms with van der Waals surface area (Å²) in [7, 11) is 0. The molecule has 0 saturated heterocycles. The van der Waals surface area contributed by atoms with Gasteiger partial charge in [0, 0.05) is 13.1 Å². The highest BCUT2D eigenvalue weighted by Gasteiger charge is 2.22. The molecule has 0 fully saturated rings. The molecule has 118 valence electrons. The molecule has 0 aliphatic rings. The van der Waals surface area contributed by atoms with Crippen LogP contribution in [0.2, 0.25) is 0 Å². The van der Waals surface area contributed by atoms with Gasteiger partial charge in [-0.15, -0.1) is 0 Å². The van der Waals surface area contributed by atoms with Crippen molar-refractivity contribution in [2.24, 2.45) is 5.92 Å². The highest BCUT2D eigenvalue weighted by Crippen LogP contribution is 2.27. The molecule has 0 aliphatic carbocycles. The highest BCUT2D eigenvalue weighted by atomic mass is 16.6. The van der Waals surface area contributed by atoms with Gasteiger partial charge in [0.2, 0.25) is 11.8 Å². The molecule has 0 radical (unpaired) electrons. The first-order valence-corrected chi connectivity index (χ1v) is 7.54. The first-order valence-electron chi connectivity index (χ1n) is 7.54. The molecule has 0 aliphatic heterocycles. The molecule has 0 spiro atoms. The summed E-state index contributed by atoms with van der Waals surface area (Å²) in [6.07, 6.45) is 3.00. The summed E-state index contributed by atoms with van der Waals surface area (Å²) in [6, 6.07) is 0. The molecule has 7 heteroatoms. The van der Waals surface area contributed by atoms with Crippen LogP contribution in [0.15, 0.2) is 0 Å². The zero-order chi connectivity index (χ0) is 15.8. The average Bonchev–Trinajstić information content (AvgIpc) is 2.45. The number of hydrogen-bond acceptors (Lipinski definition) is 6. The Hall–Kier alpha value is -1.92. The number of rotatable bonds is 9. The van der Waals surface area contributed by atoms with E-state index < -0.39 is 4.92 Å². The normalized spacial score (nSPS) is 10.7. The van der Waals surface area contributed by atoms with Gasteiger partial charge in [0.1, 0.15) is 5.69 Å². The number of aromatic nitrogens is 2. The Morgan fingerprint density at radius 1 is 1.19 bits per heavy atom. The molecule has 1 heterocycles. The second-order valence-electron chi connectivity index (χ2n) is 5.08. The fraction of sp³-hybridized carbons (Fsp3) is 0.714. The third-order valence-corrected chi connectivity index (χ3v) is 3.49. The van der Waals surface area contributed by atoms with Crippen LogP contribution in [0.5, 0.6) is 0 Å². The van der Waals surface area contributed by atoms with Crippen molar-refractivity contribution in [3.8, 4) is 0 Å². The quantitative estimate of drug-likeness (QED) is 0.536. The molecule has 0 saturated carbocycles. The molecule has 21 heavy (non-hydrogen) atoms. The van der Waals surface area contributed by atoms with Gasteiger partial charge >= 0.3 is 5.69 Å². The van der Waals surface area contributed by atoms with Crippen LogP contribution in [-0.2, 0) is 0 Å². The summed E-state index contributed by atoms with van der Waals surface area (Å²) in [4.78, 5) is 19.2. The van der Waals surface area contributed by atoms with Gasteiger partial charge in [0.05, 0.1) is 4.92 Å². The van der Waals surface area contributed by atoms with Crippen molar-refractivity contribution >= 4 is 17.5 Å². The van der Waals surface area contributed by atoms with E-state index in [1.165, 1.54) is 0 Å². The lowest BCUT2D eigenvalue weighted by molar-refractivity contribution is -0.385. The van der Waals surface area contributed by atoms with Crippen LogP contribution in [0.1, 0.15) is 45.7 Å². The SMILES string of the molecule is CCCNc1nc(C)c([N+](=O)[O-])c(NCC(CC)CC)n1. The van der Waals surface area contributed by atoms with Gasteiger partial charge in [0.15, 0.2) is 0 Å². The molecule has 0 aromatic carbocycles. The Morgan fingerprint density at radius 2 is 1.86 bits per heavy atom. The molecule has 0 bridgehead atoms. The fourth-order valence-corrected chi connectivity index (χ4v) is 2.04. The van der Waals surface area contributed by atoms with E-state index in [9.17, 15) is 10.1 Å². The lowest BCUT2D eigenvalue weighted by Gasteiger charge is -2.15. The predicted octanol–water partition coefficient (Wildman–Crippen LogP) is 3.36. The third-order valence-electron chi connectivity index (χ3n) is 3.49. The van der Waals surface area contributed by atoms with Crippen LogP contribution in [0.25, 0.3) is 0 Å². The van der Waals surface area contributed by atoms with Crippen molar-refractivity contribution in [2.45, 2.75) is 47.0 Å². The molecule has 0 amide bonds. The van der Waals surface area contributed by atoms with Crippen molar-refractivity contribution in [2.75, 3.05) is 23.7 Å². The number of aryl methyl sites for hydroxylation is 1. The maximum absolute atomic E-state index is 11.2. The minimum atomic E-state index is -0.422. The second-order valence-corrected chi connectivity index (χ2v) is 5.08. The van der Waals surface area contributed by atoms with Crippen molar-refractivity contribution in [3.05, 3.63) is 15.8 Å². The Morgan fingerprint density at radius 3 is 2.38 bits per heavy atom. The minimum absolute atomic E-state index is 0.0389. The van der Waals surface area contributed by atoms with Gasteiger partial charge in [-0.3, -0.25) is 10.1 Å². The van der Waals surface area contributed by atoms with E-state index in [-0.39, 0.29) is 5.69 Å². The number of nitro groups is 1. The number of hydrogen-bond donors (Lipinski definition) is 2. The first kappa shape index (κ1) is 17.1. The van der Waals surface area contributed by atoms with Gasteiger partial charge in [0.25, 0.3) is 0 Å². The molecule has 1 aromatic rings. The van der Waals surface area contributed by atoms with Gasteiger partial charge in [-0.25, -0.2) is 4.98 Å². The maximum Gasteiger partial charge on any atom is 0.332 e. The Labute approximate surface area is 125 Å². The van der Waals surface area contributed by atoms with Crippen molar-refractivity contribution in [3.63, 3.8) is 0 Å². The standard InChI is InChI=1S/C14H25N5O2/c1-5-8-15-14-17-10(4)12(19(20)21)13(18-14)16-9-11(6-2)7-3/h11H,5-9H2,1-4H3,(H2,15,16,17,18). The van der Waals surface area contributed by atoms with E-state index >= 15 is 0 Å². The largest absolute Gasteiger partial charge is 0.364 e. The molecule has 0 unspecified atom stereocenters. The topological polar surface area (TPSA) is 93.0 Å². The second kappa shape index (κ2) is 8.39. The van der Waals surface area contributed by atoms with E-state index in [2.05, 4.69) is 34.4 Å². The van der Waals surface area contributed by atoms with Gasteiger partial charge in [-0.1, -0.05) is 33.6 Å². The molecule has 0 atom stereocenters. The van der Waals surface area contributed by atoms with Crippen LogP contribution in [0.4, 0.5) is 17.5 Å². The summed E-state index contributed by atoms with van der Waals surface area (Å²) < 4.78 is 0. The van der Waals surface area contributed by atoms with E-state index in [0.29, 0.717) is 29.9 Å². The van der Waals surface area contributed by atoms with Crippen molar-refractivity contribution < 1.29 is 4.92 Å². The average molecular weight is 295 g/mol. The molecule has 1 rings (SSSR count). The first-order chi connectivity index (χ1) is 10.0. The van der Waals surface area contributed by atoms with Crippen LogP contribution in [0, 0.1) is 23.0 Å². The zero-order valence-corrected chi connectivity index (χ0v) is 13.3. The van der Waals surface area contributed by atoms with Crippen LogP contribution < -0.4 is 10.6 Å². The van der Waals surface area contributed by atoms with E-state index in [1.807, 2.05) is 6.92 Å². The Kier molecular flexibility index (Phi) is 6.84. The summed E-state index contributed by atoms with van der Waals surface area (Å²) in [6.45, 7) is 9.32. The summed E-state index contributed by atoms with van der Waals surface area (Å²) in [5.74, 6) is 1.22. The van der Waals surface area contributed by atoms with Gasteiger partial charge in [-0.2, -0.15) is 4.98 Å². The molecular weight excluding hydrogens is 270 g/mol. The summed E-state index contributed by atoms with van der Waals surface area (Å²) in [5.41, 5.74) is 0.337. The van der Waals surface area contributed by atoms with Crippen LogP contribution in [-0.4, -0.2) is 28.0 Å². The lowest BCUT2D eigenvalue weighted by atomic mass is 10.0. The van der Waals surface area contributed by atoms with E-state index in [4.69, 9.17) is 0 Å². The number of anilines is 2. The predicted molar refractivity (Wildman–Crippen MR) is 84.8 cm³/mol. The maximum atomic E-state index is 11.2.